The Kier molecular flexibility index (Phi) is 7.51. The van der Waals surface area contributed by atoms with Crippen molar-refractivity contribution in [2.75, 3.05) is 10.6 Å². The molecule has 0 saturated carbocycles. The summed E-state index contributed by atoms with van der Waals surface area (Å²) < 4.78 is 5.75. The van der Waals surface area contributed by atoms with E-state index in [9.17, 15) is 14.4 Å². The van der Waals surface area contributed by atoms with E-state index in [1.165, 1.54) is 16.9 Å². The van der Waals surface area contributed by atoms with E-state index in [4.69, 9.17) is 10.5 Å². The van der Waals surface area contributed by atoms with Gasteiger partial charge >= 0.3 is 0 Å². The number of primary amides is 1. The molecule has 7 nitrogen and oxygen atoms in total. The van der Waals surface area contributed by atoms with E-state index < -0.39 is 12.0 Å². The van der Waals surface area contributed by atoms with Gasteiger partial charge in [-0.25, -0.2) is 0 Å². The molecular formula is C27H29N3O4S. The van der Waals surface area contributed by atoms with Crippen LogP contribution >= 0.6 is 11.3 Å². The van der Waals surface area contributed by atoms with Gasteiger partial charge in [0, 0.05) is 16.1 Å². The number of nitrogens with two attached hydrogens (primary N) is 1. The number of benzene rings is 2. The van der Waals surface area contributed by atoms with Gasteiger partial charge < -0.3 is 21.1 Å². The molecule has 3 amide bonds. The summed E-state index contributed by atoms with van der Waals surface area (Å²) >= 11 is 1.43. The summed E-state index contributed by atoms with van der Waals surface area (Å²) in [4.78, 5) is 38.5. The maximum absolute atomic E-state index is 12.8. The molecule has 0 spiro atoms. The number of thiophene rings is 1. The molecule has 1 heterocycles. The van der Waals surface area contributed by atoms with E-state index in [0.717, 1.165) is 42.5 Å². The number of nitrogens with one attached hydrogen (secondary N) is 2. The predicted octanol–water partition coefficient (Wildman–Crippen LogP) is 4.95. The zero-order valence-electron chi connectivity index (χ0n) is 19.9. The quantitative estimate of drug-likeness (QED) is 0.414. The van der Waals surface area contributed by atoms with Crippen molar-refractivity contribution in [3.05, 3.63) is 75.7 Å². The SMILES string of the molecule is CCc1ccc(NC(=O)[C@@H](C)Oc2ccc(C(=O)Nc3sc4c(c3C(N)=O)CCCC4)cc2)cc1. The van der Waals surface area contributed by atoms with E-state index in [2.05, 4.69) is 17.6 Å². The lowest BCUT2D eigenvalue weighted by molar-refractivity contribution is -0.122. The molecule has 0 fully saturated rings. The van der Waals surface area contributed by atoms with Gasteiger partial charge in [-0.1, -0.05) is 19.1 Å². The zero-order valence-corrected chi connectivity index (χ0v) is 20.7. The molecule has 2 aromatic carbocycles. The summed E-state index contributed by atoms with van der Waals surface area (Å²) in [6, 6.07) is 14.2. The molecule has 1 aliphatic rings. The van der Waals surface area contributed by atoms with Crippen molar-refractivity contribution in [3.63, 3.8) is 0 Å². The van der Waals surface area contributed by atoms with E-state index >= 15 is 0 Å². The standard InChI is InChI=1S/C27H29N3O4S/c1-3-17-8-12-19(13-9-17)29-25(32)16(2)34-20-14-10-18(11-15-20)26(33)30-27-23(24(28)31)21-6-4-5-7-22(21)35-27/h8-16H,3-7H2,1-2H3,(H2,28,31)(H,29,32)(H,30,33)/t16-/m1/s1. The molecule has 0 unspecified atom stereocenters. The number of hydrogen-bond acceptors (Lipinski definition) is 5. The first-order chi connectivity index (χ1) is 16.9. The monoisotopic (exact) mass is 491 g/mol. The second-order valence-corrected chi connectivity index (χ2v) is 9.66. The molecule has 1 aromatic heterocycles. The van der Waals surface area contributed by atoms with Crippen molar-refractivity contribution >= 4 is 39.7 Å². The van der Waals surface area contributed by atoms with Crippen LogP contribution in [-0.4, -0.2) is 23.8 Å². The predicted molar refractivity (Wildman–Crippen MR) is 138 cm³/mol. The molecule has 0 saturated heterocycles. The van der Waals surface area contributed by atoms with Crippen LogP contribution in [0.15, 0.2) is 48.5 Å². The second kappa shape index (κ2) is 10.7. The Labute approximate surface area is 208 Å². The fourth-order valence-electron chi connectivity index (χ4n) is 4.10. The van der Waals surface area contributed by atoms with E-state index in [1.54, 1.807) is 31.2 Å². The number of anilines is 2. The van der Waals surface area contributed by atoms with Gasteiger partial charge in [0.25, 0.3) is 17.7 Å². The molecule has 35 heavy (non-hydrogen) atoms. The number of ether oxygens (including phenoxy) is 1. The topological polar surface area (TPSA) is 111 Å². The van der Waals surface area contributed by atoms with Gasteiger partial charge in [0.2, 0.25) is 0 Å². The Morgan fingerprint density at radius 1 is 1.00 bits per heavy atom. The molecule has 1 aliphatic carbocycles. The van der Waals surface area contributed by atoms with Crippen LogP contribution in [0, 0.1) is 0 Å². The van der Waals surface area contributed by atoms with Crippen LogP contribution < -0.4 is 21.1 Å². The van der Waals surface area contributed by atoms with Gasteiger partial charge in [-0.3, -0.25) is 14.4 Å². The third-order valence-electron chi connectivity index (χ3n) is 6.07. The summed E-state index contributed by atoms with van der Waals surface area (Å²) in [6.07, 6.45) is 4.00. The minimum absolute atomic E-state index is 0.267. The van der Waals surface area contributed by atoms with Crippen molar-refractivity contribution in [2.24, 2.45) is 5.73 Å². The van der Waals surface area contributed by atoms with Crippen molar-refractivity contribution in [1.29, 1.82) is 0 Å². The molecule has 0 aliphatic heterocycles. The molecule has 182 valence electrons. The highest BCUT2D eigenvalue weighted by Crippen LogP contribution is 2.38. The maximum Gasteiger partial charge on any atom is 0.265 e. The summed E-state index contributed by atoms with van der Waals surface area (Å²) in [5.74, 6) is -0.650. The third kappa shape index (κ3) is 5.71. The molecule has 0 bridgehead atoms. The summed E-state index contributed by atoms with van der Waals surface area (Å²) in [6.45, 7) is 3.74. The third-order valence-corrected chi connectivity index (χ3v) is 7.28. The van der Waals surface area contributed by atoms with Gasteiger partial charge in [-0.05, 0) is 86.6 Å². The maximum atomic E-state index is 12.8. The van der Waals surface area contributed by atoms with E-state index in [-0.39, 0.29) is 11.8 Å². The lowest BCUT2D eigenvalue weighted by atomic mass is 9.95. The van der Waals surface area contributed by atoms with Crippen molar-refractivity contribution in [3.8, 4) is 5.75 Å². The Bertz CT molecular complexity index is 1230. The van der Waals surface area contributed by atoms with Gasteiger partial charge in [0.05, 0.1) is 5.56 Å². The van der Waals surface area contributed by atoms with Crippen LogP contribution in [0.2, 0.25) is 0 Å². The zero-order chi connectivity index (χ0) is 24.9. The van der Waals surface area contributed by atoms with Crippen molar-refractivity contribution in [2.45, 2.75) is 52.1 Å². The summed E-state index contributed by atoms with van der Waals surface area (Å²) in [7, 11) is 0. The number of carbonyl (C=O) groups excluding carboxylic acids is 3. The Hall–Kier alpha value is -3.65. The van der Waals surface area contributed by atoms with Crippen LogP contribution in [0.5, 0.6) is 5.75 Å². The van der Waals surface area contributed by atoms with Crippen LogP contribution in [0.25, 0.3) is 0 Å². The second-order valence-electron chi connectivity index (χ2n) is 8.56. The van der Waals surface area contributed by atoms with E-state index in [0.29, 0.717) is 27.6 Å². The summed E-state index contributed by atoms with van der Waals surface area (Å²) in [5.41, 5.74) is 9.34. The first-order valence-corrected chi connectivity index (χ1v) is 12.6. The van der Waals surface area contributed by atoms with Crippen LogP contribution in [0.1, 0.15) is 63.4 Å². The minimum atomic E-state index is -0.726. The highest BCUT2D eigenvalue weighted by atomic mass is 32.1. The number of hydrogen-bond donors (Lipinski definition) is 3. The van der Waals surface area contributed by atoms with Crippen LogP contribution in [-0.2, 0) is 24.1 Å². The highest BCUT2D eigenvalue weighted by molar-refractivity contribution is 7.17. The molecule has 4 rings (SSSR count). The lowest BCUT2D eigenvalue weighted by Crippen LogP contribution is -2.30. The van der Waals surface area contributed by atoms with Gasteiger partial charge in [0.1, 0.15) is 10.8 Å². The number of rotatable bonds is 8. The van der Waals surface area contributed by atoms with Crippen LogP contribution in [0.4, 0.5) is 10.7 Å². The molecule has 4 N–H and O–H groups in total. The smallest absolute Gasteiger partial charge is 0.265 e. The fourth-order valence-corrected chi connectivity index (χ4v) is 5.39. The van der Waals surface area contributed by atoms with Crippen LogP contribution in [0.3, 0.4) is 0 Å². The lowest BCUT2D eigenvalue weighted by Gasteiger charge is -2.15. The highest BCUT2D eigenvalue weighted by Gasteiger charge is 2.25. The Morgan fingerprint density at radius 3 is 2.34 bits per heavy atom. The largest absolute Gasteiger partial charge is 0.481 e. The molecule has 8 heteroatoms. The van der Waals surface area contributed by atoms with Crippen molar-refractivity contribution in [1.82, 2.24) is 0 Å². The fraction of sp³-hybridized carbons (Fsp3) is 0.296. The number of amides is 3. The first-order valence-electron chi connectivity index (χ1n) is 11.8. The number of aryl methyl sites for hydroxylation is 2. The average Bonchev–Trinajstić information content (AvgIpc) is 3.23. The molecule has 0 radical (unpaired) electrons. The Morgan fingerprint density at radius 2 is 1.69 bits per heavy atom. The van der Waals surface area contributed by atoms with E-state index in [1.807, 2.05) is 24.3 Å². The molecule has 1 atom stereocenters. The normalized spacial score (nSPS) is 13.4. The number of fused-ring (bicyclic) bond motifs is 1. The number of carbonyl (C=O) groups is 3. The molecule has 3 aromatic rings. The minimum Gasteiger partial charge on any atom is -0.481 e. The van der Waals surface area contributed by atoms with Crippen molar-refractivity contribution < 1.29 is 19.1 Å². The molecular weight excluding hydrogens is 462 g/mol. The van der Waals surface area contributed by atoms with Gasteiger partial charge in [-0.2, -0.15) is 0 Å². The Balaban J connectivity index is 1.38. The average molecular weight is 492 g/mol. The van der Waals surface area contributed by atoms with Gasteiger partial charge in [-0.15, -0.1) is 11.3 Å². The first kappa shape index (κ1) is 24.5. The van der Waals surface area contributed by atoms with Gasteiger partial charge in [0.15, 0.2) is 6.10 Å². The summed E-state index contributed by atoms with van der Waals surface area (Å²) in [5, 5.41) is 6.20.